The Bertz CT molecular complexity index is 557. The monoisotopic (exact) mass is 264 g/mol. The summed E-state index contributed by atoms with van der Waals surface area (Å²) in [6, 6.07) is 6.31. The Balaban J connectivity index is 2.21. The van der Waals surface area contributed by atoms with Crippen molar-refractivity contribution in [3.05, 3.63) is 64.2 Å². The van der Waals surface area contributed by atoms with E-state index in [1.807, 2.05) is 13.0 Å². The summed E-state index contributed by atoms with van der Waals surface area (Å²) < 4.78 is 13.0. The highest BCUT2D eigenvalue weighted by Crippen LogP contribution is 2.24. The van der Waals surface area contributed by atoms with Crippen LogP contribution in [0.1, 0.15) is 22.7 Å². The van der Waals surface area contributed by atoms with Gasteiger partial charge in [-0.1, -0.05) is 17.7 Å². The summed E-state index contributed by atoms with van der Waals surface area (Å²) in [5, 5.41) is 0.560. The van der Waals surface area contributed by atoms with E-state index in [9.17, 15) is 4.39 Å². The summed E-state index contributed by atoms with van der Waals surface area (Å²) in [7, 11) is 0. The van der Waals surface area contributed by atoms with Crippen LogP contribution in [0, 0.1) is 12.7 Å². The van der Waals surface area contributed by atoms with Gasteiger partial charge in [-0.3, -0.25) is 4.98 Å². The van der Waals surface area contributed by atoms with E-state index >= 15 is 0 Å². The number of aromatic nitrogens is 1. The first kappa shape index (κ1) is 13.0. The number of hydrogen-bond acceptors (Lipinski definition) is 2. The van der Waals surface area contributed by atoms with Crippen molar-refractivity contribution < 1.29 is 4.39 Å². The first-order chi connectivity index (χ1) is 8.58. The Morgan fingerprint density at radius 3 is 2.83 bits per heavy atom. The molecule has 1 atom stereocenters. The smallest absolute Gasteiger partial charge is 0.123 e. The van der Waals surface area contributed by atoms with Gasteiger partial charge < -0.3 is 5.73 Å². The minimum atomic E-state index is -0.230. The molecule has 0 aliphatic heterocycles. The maximum Gasteiger partial charge on any atom is 0.123 e. The molecule has 0 amide bonds. The van der Waals surface area contributed by atoms with Crippen molar-refractivity contribution in [1.82, 2.24) is 4.98 Å². The third-order valence-electron chi connectivity index (χ3n) is 2.95. The van der Waals surface area contributed by atoms with Crippen LogP contribution in [0.3, 0.4) is 0 Å². The molecule has 1 aromatic heterocycles. The molecule has 0 bridgehead atoms. The molecule has 18 heavy (non-hydrogen) atoms. The summed E-state index contributed by atoms with van der Waals surface area (Å²) in [6.45, 7) is 1.87. The van der Waals surface area contributed by atoms with Gasteiger partial charge in [0.25, 0.3) is 0 Å². The van der Waals surface area contributed by atoms with E-state index in [2.05, 4.69) is 4.98 Å². The van der Waals surface area contributed by atoms with Crippen LogP contribution in [0.4, 0.5) is 4.39 Å². The first-order valence-electron chi connectivity index (χ1n) is 5.68. The second-order valence-corrected chi connectivity index (χ2v) is 4.69. The quantitative estimate of drug-likeness (QED) is 0.923. The van der Waals surface area contributed by atoms with E-state index in [0.717, 1.165) is 16.7 Å². The SMILES string of the molecule is Cc1cc(F)ccc1CC(N)c1ccncc1Cl. The second-order valence-electron chi connectivity index (χ2n) is 4.28. The van der Waals surface area contributed by atoms with E-state index in [1.165, 1.54) is 12.1 Å². The molecule has 0 aliphatic rings. The van der Waals surface area contributed by atoms with Gasteiger partial charge in [0, 0.05) is 18.4 Å². The molecule has 0 saturated heterocycles. The molecule has 0 radical (unpaired) electrons. The minimum absolute atomic E-state index is 0.218. The van der Waals surface area contributed by atoms with Crippen LogP contribution in [0.5, 0.6) is 0 Å². The summed E-state index contributed by atoms with van der Waals surface area (Å²) in [4.78, 5) is 3.93. The van der Waals surface area contributed by atoms with Crippen molar-refractivity contribution in [3.63, 3.8) is 0 Å². The molecule has 1 heterocycles. The maximum absolute atomic E-state index is 13.0. The Morgan fingerprint density at radius 2 is 2.17 bits per heavy atom. The molecule has 2 aromatic rings. The summed E-state index contributed by atoms with van der Waals surface area (Å²) in [5.74, 6) is -0.230. The van der Waals surface area contributed by atoms with E-state index in [-0.39, 0.29) is 11.9 Å². The van der Waals surface area contributed by atoms with Crippen molar-refractivity contribution in [3.8, 4) is 0 Å². The summed E-state index contributed by atoms with van der Waals surface area (Å²) in [5.41, 5.74) is 8.91. The normalized spacial score (nSPS) is 12.4. The van der Waals surface area contributed by atoms with Crippen molar-refractivity contribution >= 4 is 11.6 Å². The number of pyridine rings is 1. The fourth-order valence-electron chi connectivity index (χ4n) is 1.92. The van der Waals surface area contributed by atoms with Gasteiger partial charge in [-0.15, -0.1) is 0 Å². The van der Waals surface area contributed by atoms with Crippen LogP contribution >= 0.6 is 11.6 Å². The lowest BCUT2D eigenvalue weighted by atomic mass is 9.97. The number of benzene rings is 1. The van der Waals surface area contributed by atoms with Crippen LogP contribution in [0.2, 0.25) is 5.02 Å². The van der Waals surface area contributed by atoms with E-state index in [0.29, 0.717) is 11.4 Å². The molecule has 2 rings (SSSR count). The number of aryl methyl sites for hydroxylation is 1. The highest BCUT2D eigenvalue weighted by molar-refractivity contribution is 6.31. The molecule has 1 unspecified atom stereocenters. The van der Waals surface area contributed by atoms with Crippen LogP contribution in [-0.4, -0.2) is 4.98 Å². The van der Waals surface area contributed by atoms with E-state index in [4.69, 9.17) is 17.3 Å². The van der Waals surface area contributed by atoms with Crippen LogP contribution in [0.25, 0.3) is 0 Å². The molecule has 2 N–H and O–H groups in total. The maximum atomic E-state index is 13.0. The fraction of sp³-hybridized carbons (Fsp3) is 0.214. The average molecular weight is 265 g/mol. The number of rotatable bonds is 3. The third kappa shape index (κ3) is 2.86. The lowest BCUT2D eigenvalue weighted by molar-refractivity contribution is 0.624. The standard InChI is InChI=1S/C14H14ClFN2/c1-9-6-11(16)3-2-10(9)7-14(17)12-4-5-18-8-13(12)15/h2-6,8,14H,7,17H2,1H3. The van der Waals surface area contributed by atoms with Gasteiger partial charge in [-0.2, -0.15) is 0 Å². The summed E-state index contributed by atoms with van der Waals surface area (Å²) in [6.07, 6.45) is 3.86. The molecule has 0 saturated carbocycles. The van der Waals surface area contributed by atoms with Gasteiger partial charge in [0.15, 0.2) is 0 Å². The molecule has 4 heteroatoms. The molecular weight excluding hydrogens is 251 g/mol. The van der Waals surface area contributed by atoms with Crippen LogP contribution in [-0.2, 0) is 6.42 Å². The van der Waals surface area contributed by atoms with E-state index < -0.39 is 0 Å². The largest absolute Gasteiger partial charge is 0.324 e. The minimum Gasteiger partial charge on any atom is -0.324 e. The van der Waals surface area contributed by atoms with Gasteiger partial charge in [0.05, 0.1) is 5.02 Å². The molecule has 0 spiro atoms. The number of nitrogens with zero attached hydrogens (tertiary/aromatic N) is 1. The predicted molar refractivity (Wildman–Crippen MR) is 71.0 cm³/mol. The Morgan fingerprint density at radius 1 is 1.39 bits per heavy atom. The summed E-state index contributed by atoms with van der Waals surface area (Å²) >= 11 is 6.05. The molecule has 0 aliphatic carbocycles. The van der Waals surface area contributed by atoms with Crippen molar-refractivity contribution in [1.29, 1.82) is 0 Å². The average Bonchev–Trinajstić information content (AvgIpc) is 2.33. The predicted octanol–water partition coefficient (Wildman–Crippen LogP) is 3.43. The molecule has 2 nitrogen and oxygen atoms in total. The lowest BCUT2D eigenvalue weighted by Gasteiger charge is -2.15. The lowest BCUT2D eigenvalue weighted by Crippen LogP contribution is -2.14. The zero-order valence-corrected chi connectivity index (χ0v) is 10.8. The molecular formula is C14H14ClFN2. The molecule has 0 fully saturated rings. The number of nitrogens with two attached hydrogens (primary N) is 1. The fourth-order valence-corrected chi connectivity index (χ4v) is 2.18. The zero-order chi connectivity index (χ0) is 13.1. The number of hydrogen-bond donors (Lipinski definition) is 1. The molecule has 94 valence electrons. The topological polar surface area (TPSA) is 38.9 Å². The van der Waals surface area contributed by atoms with Crippen LogP contribution < -0.4 is 5.73 Å². The Hall–Kier alpha value is -1.45. The van der Waals surface area contributed by atoms with Gasteiger partial charge in [-0.25, -0.2) is 4.39 Å². The highest BCUT2D eigenvalue weighted by Gasteiger charge is 2.12. The van der Waals surface area contributed by atoms with Gasteiger partial charge in [0.1, 0.15) is 5.82 Å². The number of halogens is 2. The third-order valence-corrected chi connectivity index (χ3v) is 3.26. The first-order valence-corrected chi connectivity index (χ1v) is 6.05. The van der Waals surface area contributed by atoms with Crippen molar-refractivity contribution in [2.45, 2.75) is 19.4 Å². The van der Waals surface area contributed by atoms with Gasteiger partial charge >= 0.3 is 0 Å². The zero-order valence-electron chi connectivity index (χ0n) is 10.0. The Kier molecular flexibility index (Phi) is 3.94. The second kappa shape index (κ2) is 5.46. The Labute approximate surface area is 111 Å². The van der Waals surface area contributed by atoms with E-state index in [1.54, 1.807) is 18.5 Å². The molecule has 1 aromatic carbocycles. The van der Waals surface area contributed by atoms with Crippen molar-refractivity contribution in [2.24, 2.45) is 5.73 Å². The van der Waals surface area contributed by atoms with Gasteiger partial charge in [-0.05, 0) is 48.2 Å². The van der Waals surface area contributed by atoms with Crippen molar-refractivity contribution in [2.75, 3.05) is 0 Å². The highest BCUT2D eigenvalue weighted by atomic mass is 35.5. The van der Waals surface area contributed by atoms with Crippen LogP contribution in [0.15, 0.2) is 36.7 Å². The van der Waals surface area contributed by atoms with Gasteiger partial charge in [0.2, 0.25) is 0 Å².